The lowest BCUT2D eigenvalue weighted by Gasteiger charge is -2.10. The number of imidazole rings is 1. The minimum Gasteiger partial charge on any atom is -0.338 e. The van der Waals surface area contributed by atoms with E-state index in [0.29, 0.717) is 5.56 Å². The van der Waals surface area contributed by atoms with Gasteiger partial charge in [-0.1, -0.05) is 64.5 Å². The van der Waals surface area contributed by atoms with E-state index in [0.717, 1.165) is 43.4 Å². The largest absolute Gasteiger partial charge is 0.338 e. The number of H-pyrrole nitrogens is 1. The van der Waals surface area contributed by atoms with E-state index in [-0.39, 0.29) is 5.91 Å². The molecule has 5 rings (SSSR count). The van der Waals surface area contributed by atoms with Crippen LogP contribution in [0.5, 0.6) is 0 Å². The number of rotatable bonds is 3. The number of anilines is 1. The molecule has 140 valence electrons. The highest BCUT2D eigenvalue weighted by Crippen LogP contribution is 2.28. The van der Waals surface area contributed by atoms with Crippen LogP contribution >= 0.6 is 15.9 Å². The minimum atomic E-state index is -0.143. The number of aromatic amines is 1. The number of hydrogen-bond donors (Lipinski definition) is 2. The molecule has 0 aliphatic rings. The van der Waals surface area contributed by atoms with Gasteiger partial charge in [0.05, 0.1) is 11.0 Å². The molecule has 0 unspecified atom stereocenters. The van der Waals surface area contributed by atoms with Crippen LogP contribution in [0.25, 0.3) is 33.2 Å². The van der Waals surface area contributed by atoms with E-state index in [1.807, 2.05) is 84.9 Å². The van der Waals surface area contributed by atoms with Crippen molar-refractivity contribution >= 4 is 49.3 Å². The topological polar surface area (TPSA) is 57.8 Å². The molecule has 1 amide bonds. The molecule has 0 bridgehead atoms. The molecule has 0 atom stereocenters. The zero-order valence-corrected chi connectivity index (χ0v) is 16.9. The molecule has 29 heavy (non-hydrogen) atoms. The van der Waals surface area contributed by atoms with Crippen LogP contribution in [0.1, 0.15) is 10.4 Å². The standard InChI is InChI=1S/C24H16BrN3O/c25-20-11-5-8-17-18(20)9-4-10-19(17)24(29)26-16-7-3-6-15(14-16)23-27-21-12-1-2-13-22(21)28-23/h1-14H,(H,26,29)(H,27,28). The lowest BCUT2D eigenvalue weighted by atomic mass is 10.0. The van der Waals surface area contributed by atoms with Gasteiger partial charge in [-0.3, -0.25) is 4.79 Å². The highest BCUT2D eigenvalue weighted by Gasteiger charge is 2.12. The Balaban J connectivity index is 1.48. The first-order valence-corrected chi connectivity index (χ1v) is 10.0. The predicted octanol–water partition coefficient (Wildman–Crippen LogP) is 6.40. The van der Waals surface area contributed by atoms with E-state index < -0.39 is 0 Å². The van der Waals surface area contributed by atoms with Gasteiger partial charge in [-0.15, -0.1) is 0 Å². The second-order valence-electron chi connectivity index (χ2n) is 6.78. The molecule has 1 heterocycles. The summed E-state index contributed by atoms with van der Waals surface area (Å²) in [4.78, 5) is 20.9. The maximum Gasteiger partial charge on any atom is 0.256 e. The molecule has 5 aromatic rings. The van der Waals surface area contributed by atoms with Crippen molar-refractivity contribution in [1.29, 1.82) is 0 Å². The molecule has 4 aromatic carbocycles. The Bertz CT molecular complexity index is 1340. The Labute approximate surface area is 175 Å². The summed E-state index contributed by atoms with van der Waals surface area (Å²) >= 11 is 3.55. The summed E-state index contributed by atoms with van der Waals surface area (Å²) in [5, 5.41) is 4.94. The molecule has 0 saturated heterocycles. The molecule has 1 aromatic heterocycles. The van der Waals surface area contributed by atoms with E-state index in [1.54, 1.807) is 0 Å². The number of nitrogens with one attached hydrogen (secondary N) is 2. The Hall–Kier alpha value is -3.44. The molecule has 0 fully saturated rings. The van der Waals surface area contributed by atoms with E-state index in [9.17, 15) is 4.79 Å². The van der Waals surface area contributed by atoms with Crippen LogP contribution < -0.4 is 5.32 Å². The highest BCUT2D eigenvalue weighted by atomic mass is 79.9. The number of para-hydroxylation sites is 2. The van der Waals surface area contributed by atoms with Crippen LogP contribution in [0.15, 0.2) is 89.4 Å². The highest BCUT2D eigenvalue weighted by molar-refractivity contribution is 9.10. The lowest BCUT2D eigenvalue weighted by molar-refractivity contribution is 0.102. The summed E-state index contributed by atoms with van der Waals surface area (Å²) < 4.78 is 0.969. The average molecular weight is 442 g/mol. The summed E-state index contributed by atoms with van der Waals surface area (Å²) in [6.45, 7) is 0. The zero-order chi connectivity index (χ0) is 19.8. The second-order valence-corrected chi connectivity index (χ2v) is 7.63. The van der Waals surface area contributed by atoms with Gasteiger partial charge in [0.1, 0.15) is 5.82 Å². The molecule has 0 aliphatic carbocycles. The van der Waals surface area contributed by atoms with E-state index in [4.69, 9.17) is 0 Å². The second kappa shape index (κ2) is 7.18. The number of fused-ring (bicyclic) bond motifs is 2. The summed E-state index contributed by atoms with van der Waals surface area (Å²) in [6.07, 6.45) is 0. The van der Waals surface area contributed by atoms with Crippen molar-refractivity contribution in [2.24, 2.45) is 0 Å². The van der Waals surface area contributed by atoms with Gasteiger partial charge in [-0.05, 0) is 47.2 Å². The fraction of sp³-hybridized carbons (Fsp3) is 0. The SMILES string of the molecule is O=C(Nc1cccc(-c2nc3ccccc3[nH]2)c1)c1cccc2c(Br)cccc12. The lowest BCUT2D eigenvalue weighted by Crippen LogP contribution is -2.12. The van der Waals surface area contributed by atoms with Crippen molar-refractivity contribution < 1.29 is 4.79 Å². The van der Waals surface area contributed by atoms with Gasteiger partial charge < -0.3 is 10.3 Å². The zero-order valence-electron chi connectivity index (χ0n) is 15.3. The average Bonchev–Trinajstić information content (AvgIpc) is 3.18. The smallest absolute Gasteiger partial charge is 0.256 e. The fourth-order valence-corrected chi connectivity index (χ4v) is 4.00. The quantitative estimate of drug-likeness (QED) is 0.340. The van der Waals surface area contributed by atoms with Crippen molar-refractivity contribution in [2.75, 3.05) is 5.32 Å². The van der Waals surface area contributed by atoms with Crippen molar-refractivity contribution in [3.05, 3.63) is 95.0 Å². The van der Waals surface area contributed by atoms with E-state index >= 15 is 0 Å². The Morgan fingerprint density at radius 1 is 0.862 bits per heavy atom. The van der Waals surface area contributed by atoms with Gasteiger partial charge in [-0.2, -0.15) is 0 Å². The first kappa shape index (κ1) is 17.6. The summed E-state index contributed by atoms with van der Waals surface area (Å²) in [7, 11) is 0. The summed E-state index contributed by atoms with van der Waals surface area (Å²) in [5.41, 5.74) is 4.18. The third kappa shape index (κ3) is 3.30. The van der Waals surface area contributed by atoms with E-state index in [2.05, 4.69) is 31.2 Å². The minimum absolute atomic E-state index is 0.143. The van der Waals surface area contributed by atoms with Crippen molar-refractivity contribution in [1.82, 2.24) is 9.97 Å². The van der Waals surface area contributed by atoms with Crippen LogP contribution in [0, 0.1) is 0 Å². The maximum atomic E-state index is 13.0. The number of carbonyl (C=O) groups is 1. The molecule has 2 N–H and O–H groups in total. The molecule has 5 heteroatoms. The van der Waals surface area contributed by atoms with Gasteiger partial charge >= 0.3 is 0 Å². The Morgan fingerprint density at radius 3 is 2.55 bits per heavy atom. The Morgan fingerprint density at radius 2 is 1.66 bits per heavy atom. The maximum absolute atomic E-state index is 13.0. The van der Waals surface area contributed by atoms with Gasteiger partial charge in [-0.25, -0.2) is 4.98 Å². The molecule has 0 radical (unpaired) electrons. The van der Waals surface area contributed by atoms with Gasteiger partial charge in [0.25, 0.3) is 5.91 Å². The molecule has 0 saturated carbocycles. The number of halogens is 1. The Kier molecular flexibility index (Phi) is 4.37. The monoisotopic (exact) mass is 441 g/mol. The number of carbonyl (C=O) groups excluding carboxylic acids is 1. The van der Waals surface area contributed by atoms with Crippen LogP contribution in [0.3, 0.4) is 0 Å². The third-order valence-corrected chi connectivity index (χ3v) is 5.59. The van der Waals surface area contributed by atoms with Gasteiger partial charge in [0, 0.05) is 21.3 Å². The van der Waals surface area contributed by atoms with Gasteiger partial charge in [0.15, 0.2) is 0 Å². The summed E-state index contributed by atoms with van der Waals surface area (Å²) in [6, 6.07) is 27.2. The van der Waals surface area contributed by atoms with Crippen LogP contribution in [-0.4, -0.2) is 15.9 Å². The first-order chi connectivity index (χ1) is 14.2. The molecule has 4 nitrogen and oxygen atoms in total. The first-order valence-electron chi connectivity index (χ1n) is 9.23. The normalized spacial score (nSPS) is 11.1. The number of hydrogen-bond acceptors (Lipinski definition) is 2. The number of benzene rings is 4. The predicted molar refractivity (Wildman–Crippen MR) is 121 cm³/mol. The van der Waals surface area contributed by atoms with Crippen LogP contribution in [0.2, 0.25) is 0 Å². The van der Waals surface area contributed by atoms with Gasteiger partial charge in [0.2, 0.25) is 0 Å². The number of amides is 1. The molecule has 0 aliphatic heterocycles. The number of nitrogens with zero attached hydrogens (tertiary/aromatic N) is 1. The van der Waals surface area contributed by atoms with Crippen molar-refractivity contribution in [3.63, 3.8) is 0 Å². The molecular formula is C24H16BrN3O. The van der Waals surface area contributed by atoms with Crippen molar-refractivity contribution in [3.8, 4) is 11.4 Å². The van der Waals surface area contributed by atoms with Crippen molar-refractivity contribution in [2.45, 2.75) is 0 Å². The summed E-state index contributed by atoms with van der Waals surface area (Å²) in [5.74, 6) is 0.631. The fourth-order valence-electron chi connectivity index (χ4n) is 3.50. The molecule has 0 spiro atoms. The third-order valence-electron chi connectivity index (χ3n) is 4.90. The van der Waals surface area contributed by atoms with E-state index in [1.165, 1.54) is 0 Å². The van der Waals surface area contributed by atoms with Crippen LogP contribution in [-0.2, 0) is 0 Å². The van der Waals surface area contributed by atoms with Crippen LogP contribution in [0.4, 0.5) is 5.69 Å². The number of aromatic nitrogens is 2. The molecular weight excluding hydrogens is 426 g/mol.